The van der Waals surface area contributed by atoms with Crippen LogP contribution >= 0.6 is 0 Å². The molecule has 0 aliphatic heterocycles. The van der Waals surface area contributed by atoms with Gasteiger partial charge in [0.1, 0.15) is 11.8 Å². The summed E-state index contributed by atoms with van der Waals surface area (Å²) in [6, 6.07) is 5.93. The third-order valence-electron chi connectivity index (χ3n) is 2.99. The summed E-state index contributed by atoms with van der Waals surface area (Å²) in [5.41, 5.74) is 4.28. The number of nitrogens with two attached hydrogens (primary N) is 1. The number of rotatable bonds is 9. The molecule has 0 unspecified atom stereocenters. The molecule has 1 aromatic carbocycles. The van der Waals surface area contributed by atoms with Gasteiger partial charge < -0.3 is 31.0 Å². The van der Waals surface area contributed by atoms with Crippen molar-refractivity contribution < 1.29 is 30.5 Å². The predicted molar refractivity (Wildman–Crippen MR) is 74.2 cm³/mol. The number of ether oxygens (including phenoxy) is 1. The molecule has 21 heavy (non-hydrogen) atoms. The minimum Gasteiger partial charge on any atom is -0.544 e. The van der Waals surface area contributed by atoms with Crippen molar-refractivity contribution in [1.29, 1.82) is 0 Å². The zero-order chi connectivity index (χ0) is 15.7. The van der Waals surface area contributed by atoms with E-state index in [9.17, 15) is 14.7 Å². The first-order valence-electron chi connectivity index (χ1n) is 6.84. The van der Waals surface area contributed by atoms with Crippen LogP contribution in [0.3, 0.4) is 0 Å². The molecule has 1 atom stereocenters. The highest BCUT2D eigenvalue weighted by Crippen LogP contribution is 2.15. The highest BCUT2D eigenvalue weighted by atomic mass is 16.5. The van der Waals surface area contributed by atoms with Crippen LogP contribution in [0.25, 0.3) is 0 Å². The van der Waals surface area contributed by atoms with E-state index in [1.165, 1.54) is 0 Å². The van der Waals surface area contributed by atoms with Crippen LogP contribution in [-0.2, 0) is 9.59 Å². The Hall–Kier alpha value is -2.12. The van der Waals surface area contributed by atoms with Gasteiger partial charge in [0.2, 0.25) is 5.91 Å². The van der Waals surface area contributed by atoms with Crippen molar-refractivity contribution in [3.63, 3.8) is 0 Å². The number of carbonyl (C=O) groups is 2. The standard InChI is InChI=1S/C14H21N3O4/c1-21-11-5-3-10(4-6-11)17-13(18)9-12(14(19)20)16-8-2-7-15/h3-6,12,16H,2,7-9,15H2,1H3,(H,17,18)(H,19,20)/p+1/t12-/m0/s1. The molecule has 1 rings (SSSR count). The van der Waals surface area contributed by atoms with Crippen molar-refractivity contribution in [2.45, 2.75) is 18.9 Å². The molecule has 116 valence electrons. The molecule has 0 saturated heterocycles. The zero-order valence-corrected chi connectivity index (χ0v) is 12.1. The summed E-state index contributed by atoms with van der Waals surface area (Å²) >= 11 is 0. The van der Waals surface area contributed by atoms with Gasteiger partial charge in [0.15, 0.2) is 0 Å². The molecule has 0 aliphatic carbocycles. The number of quaternary nitrogens is 2. The summed E-state index contributed by atoms with van der Waals surface area (Å²) in [5.74, 6) is -0.911. The second-order valence-electron chi connectivity index (χ2n) is 4.64. The van der Waals surface area contributed by atoms with Crippen molar-refractivity contribution in [3.05, 3.63) is 24.3 Å². The largest absolute Gasteiger partial charge is 0.544 e. The maximum atomic E-state index is 11.8. The number of amides is 1. The van der Waals surface area contributed by atoms with Crippen LogP contribution in [0.5, 0.6) is 5.75 Å². The summed E-state index contributed by atoms with van der Waals surface area (Å²) in [6.07, 6.45) is 0.662. The lowest BCUT2D eigenvalue weighted by Gasteiger charge is -2.16. The summed E-state index contributed by atoms with van der Waals surface area (Å²) in [6.45, 7) is 1.34. The second-order valence-corrected chi connectivity index (χ2v) is 4.64. The normalized spacial score (nSPS) is 11.7. The number of hydrogen-bond donors (Lipinski definition) is 3. The van der Waals surface area contributed by atoms with Crippen LogP contribution in [0.15, 0.2) is 24.3 Å². The molecule has 7 heteroatoms. The van der Waals surface area contributed by atoms with Crippen LogP contribution < -0.4 is 26.2 Å². The summed E-state index contributed by atoms with van der Waals surface area (Å²) in [4.78, 5) is 22.9. The lowest BCUT2D eigenvalue weighted by Crippen LogP contribution is -2.93. The van der Waals surface area contributed by atoms with Crippen LogP contribution in [0.1, 0.15) is 12.8 Å². The second kappa shape index (κ2) is 8.93. The van der Waals surface area contributed by atoms with E-state index in [-0.39, 0.29) is 12.3 Å². The Balaban J connectivity index is 2.50. The van der Waals surface area contributed by atoms with E-state index >= 15 is 0 Å². The molecule has 0 aromatic heterocycles. The quantitative estimate of drug-likeness (QED) is 0.430. The van der Waals surface area contributed by atoms with Crippen molar-refractivity contribution >= 4 is 17.6 Å². The van der Waals surface area contributed by atoms with E-state index in [0.717, 1.165) is 13.0 Å². The maximum Gasteiger partial charge on any atom is 0.230 e. The fraction of sp³-hybridized carbons (Fsp3) is 0.429. The van der Waals surface area contributed by atoms with E-state index in [1.54, 1.807) is 36.7 Å². The Labute approximate surface area is 123 Å². The Morgan fingerprint density at radius 1 is 1.38 bits per heavy atom. The molecule has 0 heterocycles. The SMILES string of the molecule is COc1ccc(NC(=O)C[C@H]([NH2+]CCC[NH3+])C(=O)[O-])cc1. The molecular formula is C14H22N3O4+. The molecule has 6 N–H and O–H groups in total. The molecule has 1 aromatic rings. The van der Waals surface area contributed by atoms with E-state index in [4.69, 9.17) is 4.74 Å². The highest BCUT2D eigenvalue weighted by Gasteiger charge is 2.18. The molecule has 0 saturated carbocycles. The molecule has 0 aliphatic rings. The fourth-order valence-corrected chi connectivity index (χ4v) is 1.81. The van der Waals surface area contributed by atoms with E-state index < -0.39 is 12.0 Å². The minimum absolute atomic E-state index is 0.133. The van der Waals surface area contributed by atoms with Crippen LogP contribution in [-0.4, -0.2) is 38.1 Å². The number of methoxy groups -OCH3 is 1. The molecule has 0 radical (unpaired) electrons. The van der Waals surface area contributed by atoms with Gasteiger partial charge in [0.25, 0.3) is 0 Å². The monoisotopic (exact) mass is 296 g/mol. The first kappa shape index (κ1) is 16.9. The van der Waals surface area contributed by atoms with Crippen LogP contribution in [0.2, 0.25) is 0 Å². The Morgan fingerprint density at radius 2 is 2.05 bits per heavy atom. The first-order chi connectivity index (χ1) is 10.1. The number of benzene rings is 1. The lowest BCUT2D eigenvalue weighted by molar-refractivity contribution is -0.684. The van der Waals surface area contributed by atoms with Crippen LogP contribution in [0, 0.1) is 0 Å². The van der Waals surface area contributed by atoms with Crippen LogP contribution in [0.4, 0.5) is 5.69 Å². The van der Waals surface area contributed by atoms with Crippen molar-refractivity contribution in [3.8, 4) is 5.75 Å². The molecule has 0 spiro atoms. The number of hydrogen-bond acceptors (Lipinski definition) is 4. The average molecular weight is 296 g/mol. The number of aliphatic carboxylic acids is 1. The van der Waals surface area contributed by atoms with Gasteiger partial charge in [-0.1, -0.05) is 0 Å². The number of nitrogens with one attached hydrogen (secondary N) is 1. The highest BCUT2D eigenvalue weighted by molar-refractivity contribution is 5.93. The minimum atomic E-state index is -1.23. The number of carboxylic acids is 1. The third kappa shape index (κ3) is 6.24. The summed E-state index contributed by atoms with van der Waals surface area (Å²) in [7, 11) is 1.56. The lowest BCUT2D eigenvalue weighted by atomic mass is 10.2. The van der Waals surface area contributed by atoms with Gasteiger partial charge in [-0.15, -0.1) is 0 Å². The average Bonchev–Trinajstić information content (AvgIpc) is 2.47. The first-order valence-corrected chi connectivity index (χ1v) is 6.84. The molecule has 7 nitrogen and oxygen atoms in total. The number of carboxylic acid groups (broad SMARTS) is 1. The maximum absolute atomic E-state index is 11.8. The third-order valence-corrected chi connectivity index (χ3v) is 2.99. The molecule has 0 bridgehead atoms. The number of carbonyl (C=O) groups excluding carboxylic acids is 2. The molecule has 1 amide bonds. The molecular weight excluding hydrogens is 274 g/mol. The summed E-state index contributed by atoms with van der Waals surface area (Å²) < 4.78 is 5.02. The van der Waals surface area contributed by atoms with Gasteiger partial charge in [0, 0.05) is 12.1 Å². The summed E-state index contributed by atoms with van der Waals surface area (Å²) in [5, 5.41) is 15.3. The smallest absolute Gasteiger partial charge is 0.230 e. The van der Waals surface area contributed by atoms with E-state index in [2.05, 4.69) is 11.1 Å². The van der Waals surface area contributed by atoms with Gasteiger partial charge in [-0.25, -0.2) is 0 Å². The van der Waals surface area contributed by atoms with E-state index in [0.29, 0.717) is 18.0 Å². The predicted octanol–water partition coefficient (Wildman–Crippen LogP) is -2.66. The van der Waals surface area contributed by atoms with E-state index in [1.807, 2.05) is 0 Å². The molecule has 0 fully saturated rings. The van der Waals surface area contributed by atoms with Gasteiger partial charge >= 0.3 is 0 Å². The fourth-order valence-electron chi connectivity index (χ4n) is 1.81. The number of anilines is 1. The Kier molecular flexibility index (Phi) is 7.20. The van der Waals surface area contributed by atoms with Gasteiger partial charge in [0.05, 0.1) is 32.6 Å². The van der Waals surface area contributed by atoms with Crippen molar-refractivity contribution in [2.24, 2.45) is 0 Å². The topological polar surface area (TPSA) is 123 Å². The van der Waals surface area contributed by atoms with Crippen molar-refractivity contribution in [2.75, 3.05) is 25.5 Å². The Morgan fingerprint density at radius 3 is 2.57 bits per heavy atom. The zero-order valence-electron chi connectivity index (χ0n) is 12.1. The Bertz CT molecular complexity index is 462. The van der Waals surface area contributed by atoms with Crippen molar-refractivity contribution in [1.82, 2.24) is 0 Å². The van der Waals surface area contributed by atoms with Gasteiger partial charge in [-0.2, -0.15) is 0 Å². The van der Waals surface area contributed by atoms with Gasteiger partial charge in [-0.05, 0) is 24.3 Å². The van der Waals surface area contributed by atoms with Gasteiger partial charge in [-0.3, -0.25) is 4.79 Å².